The molecule has 0 bridgehead atoms. The van der Waals surface area contributed by atoms with Gasteiger partial charge in [0.25, 0.3) is 0 Å². The summed E-state index contributed by atoms with van der Waals surface area (Å²) in [5, 5.41) is 0. The molecule has 0 saturated heterocycles. The lowest BCUT2D eigenvalue weighted by Crippen LogP contribution is -1.93. The number of aromatic amines is 1. The van der Waals surface area contributed by atoms with Gasteiger partial charge in [0.15, 0.2) is 0 Å². The molecule has 1 heterocycles. The van der Waals surface area contributed by atoms with E-state index < -0.39 is 11.6 Å². The first kappa shape index (κ1) is 9.92. The summed E-state index contributed by atoms with van der Waals surface area (Å²) in [6.07, 6.45) is 2.73. The van der Waals surface area contributed by atoms with E-state index in [1.54, 1.807) is 0 Å². The molecule has 2 nitrogen and oxygen atoms in total. The predicted molar refractivity (Wildman–Crippen MR) is 54.8 cm³/mol. The van der Waals surface area contributed by atoms with Gasteiger partial charge in [-0.2, -0.15) is 0 Å². The minimum atomic E-state index is -0.645. The Kier molecular flexibility index (Phi) is 2.55. The second kappa shape index (κ2) is 3.86. The summed E-state index contributed by atoms with van der Waals surface area (Å²) in [7, 11) is 0. The van der Waals surface area contributed by atoms with Crippen molar-refractivity contribution in [3.8, 4) is 11.3 Å². The zero-order valence-corrected chi connectivity index (χ0v) is 8.31. The number of nitrogens with zero attached hydrogens (tertiary/aromatic N) is 1. The Hall–Kier alpha value is -1.62. The Balaban J connectivity index is 2.69. The lowest BCUT2D eigenvalue weighted by atomic mass is 10.1. The van der Waals surface area contributed by atoms with Crippen molar-refractivity contribution in [2.75, 3.05) is 0 Å². The van der Waals surface area contributed by atoms with Crippen molar-refractivity contribution in [3.05, 3.63) is 46.9 Å². The Morgan fingerprint density at radius 2 is 1.80 bits per heavy atom. The van der Waals surface area contributed by atoms with Crippen LogP contribution in [0.3, 0.4) is 0 Å². The van der Waals surface area contributed by atoms with E-state index in [1.165, 1.54) is 30.6 Å². The summed E-state index contributed by atoms with van der Waals surface area (Å²) < 4.78 is 27.0. The first-order chi connectivity index (χ1) is 7.18. The van der Waals surface area contributed by atoms with Crippen molar-refractivity contribution in [1.82, 2.24) is 9.97 Å². The van der Waals surface area contributed by atoms with Crippen LogP contribution in [0.4, 0.5) is 8.78 Å². The summed E-state index contributed by atoms with van der Waals surface area (Å²) in [6.45, 7) is 0. The second-order valence-electron chi connectivity index (χ2n) is 2.91. The van der Waals surface area contributed by atoms with Crippen LogP contribution in [-0.4, -0.2) is 9.97 Å². The molecule has 0 amide bonds. The number of rotatable bonds is 1. The molecule has 1 N–H and O–H groups in total. The van der Waals surface area contributed by atoms with E-state index >= 15 is 0 Å². The number of hydrogen-bond acceptors (Lipinski definition) is 2. The van der Waals surface area contributed by atoms with Crippen LogP contribution < -0.4 is 0 Å². The van der Waals surface area contributed by atoms with Crippen LogP contribution in [0.1, 0.15) is 0 Å². The number of aromatic nitrogens is 2. The fourth-order valence-electron chi connectivity index (χ4n) is 1.26. The van der Waals surface area contributed by atoms with Crippen molar-refractivity contribution < 1.29 is 8.78 Å². The van der Waals surface area contributed by atoms with E-state index in [1.807, 2.05) is 0 Å². The third kappa shape index (κ3) is 1.92. The minimum absolute atomic E-state index is 0.142. The molecular formula is C10H6F2N2S. The average Bonchev–Trinajstić information content (AvgIpc) is 2.17. The average molecular weight is 224 g/mol. The largest absolute Gasteiger partial charge is 0.343 e. The first-order valence-electron chi connectivity index (χ1n) is 4.17. The number of H-pyrrole nitrogens is 1. The van der Waals surface area contributed by atoms with E-state index in [0.29, 0.717) is 4.64 Å². The van der Waals surface area contributed by atoms with E-state index in [2.05, 4.69) is 9.97 Å². The lowest BCUT2D eigenvalue weighted by Gasteiger charge is -2.03. The number of benzene rings is 1. The molecule has 0 aliphatic carbocycles. The van der Waals surface area contributed by atoms with Gasteiger partial charge < -0.3 is 4.98 Å². The van der Waals surface area contributed by atoms with E-state index in [-0.39, 0.29) is 11.3 Å². The van der Waals surface area contributed by atoms with Gasteiger partial charge in [0, 0.05) is 0 Å². The van der Waals surface area contributed by atoms with Crippen LogP contribution in [0.15, 0.2) is 30.6 Å². The minimum Gasteiger partial charge on any atom is -0.343 e. The molecule has 0 spiro atoms. The molecule has 0 saturated carbocycles. The van der Waals surface area contributed by atoms with Crippen LogP contribution >= 0.6 is 12.2 Å². The van der Waals surface area contributed by atoms with E-state index in [9.17, 15) is 8.78 Å². The molecular weight excluding hydrogens is 218 g/mol. The predicted octanol–water partition coefficient (Wildman–Crippen LogP) is 3.08. The van der Waals surface area contributed by atoms with Crippen LogP contribution in [0.25, 0.3) is 11.3 Å². The molecule has 0 atom stereocenters. The number of hydrogen-bond donors (Lipinski definition) is 1. The summed E-state index contributed by atoms with van der Waals surface area (Å²) in [5.74, 6) is -1.29. The van der Waals surface area contributed by atoms with Crippen molar-refractivity contribution in [1.29, 1.82) is 0 Å². The highest BCUT2D eigenvalue weighted by molar-refractivity contribution is 7.71. The molecule has 0 radical (unpaired) electrons. The van der Waals surface area contributed by atoms with Gasteiger partial charge in [-0.05, 0) is 12.1 Å². The fourth-order valence-corrected chi connectivity index (χ4v) is 1.43. The Bertz CT molecular complexity index is 531. The van der Waals surface area contributed by atoms with Crippen LogP contribution in [0, 0.1) is 16.3 Å². The maximum absolute atomic E-state index is 13.3. The normalized spacial score (nSPS) is 10.3. The van der Waals surface area contributed by atoms with Crippen molar-refractivity contribution in [2.24, 2.45) is 0 Å². The maximum Gasteiger partial charge on any atom is 0.135 e. The quantitative estimate of drug-likeness (QED) is 0.754. The highest BCUT2D eigenvalue weighted by Crippen LogP contribution is 2.22. The SMILES string of the molecule is Fc1cccc(F)c1-c1cncc(=S)[nH]1. The number of nitrogens with one attached hydrogen (secondary N) is 1. The molecule has 1 aromatic carbocycles. The zero-order chi connectivity index (χ0) is 10.8. The van der Waals surface area contributed by atoms with Crippen LogP contribution in [-0.2, 0) is 0 Å². The highest BCUT2D eigenvalue weighted by Gasteiger charge is 2.10. The molecule has 0 fully saturated rings. The van der Waals surface area contributed by atoms with Gasteiger partial charge >= 0.3 is 0 Å². The maximum atomic E-state index is 13.3. The fraction of sp³-hybridized carbons (Fsp3) is 0. The molecule has 15 heavy (non-hydrogen) atoms. The van der Waals surface area contributed by atoms with Gasteiger partial charge in [0.2, 0.25) is 0 Å². The zero-order valence-electron chi connectivity index (χ0n) is 7.50. The van der Waals surface area contributed by atoms with Crippen LogP contribution in [0.5, 0.6) is 0 Å². The third-order valence-electron chi connectivity index (χ3n) is 1.89. The number of halogens is 2. The van der Waals surface area contributed by atoms with Gasteiger partial charge in [-0.3, -0.25) is 4.98 Å². The molecule has 0 aliphatic heterocycles. The third-order valence-corrected chi connectivity index (χ3v) is 2.09. The molecule has 0 unspecified atom stereocenters. The van der Waals surface area contributed by atoms with Gasteiger partial charge in [0.05, 0.1) is 23.7 Å². The first-order valence-corrected chi connectivity index (χ1v) is 4.58. The standard InChI is InChI=1S/C10H6F2N2S/c11-6-2-1-3-7(12)10(6)8-4-13-5-9(15)14-8/h1-5H,(H,14,15). The van der Waals surface area contributed by atoms with Gasteiger partial charge in [0.1, 0.15) is 16.3 Å². The van der Waals surface area contributed by atoms with Crippen molar-refractivity contribution >= 4 is 12.2 Å². The topological polar surface area (TPSA) is 28.7 Å². The second-order valence-corrected chi connectivity index (χ2v) is 3.35. The molecule has 76 valence electrons. The Labute approximate surface area is 89.6 Å². The Morgan fingerprint density at radius 3 is 2.40 bits per heavy atom. The van der Waals surface area contributed by atoms with Crippen LogP contribution in [0.2, 0.25) is 0 Å². The van der Waals surface area contributed by atoms with Gasteiger partial charge in [-0.1, -0.05) is 18.3 Å². The van der Waals surface area contributed by atoms with E-state index in [4.69, 9.17) is 12.2 Å². The summed E-state index contributed by atoms with van der Waals surface area (Å²) in [4.78, 5) is 6.45. The molecule has 2 aromatic rings. The summed E-state index contributed by atoms with van der Waals surface area (Å²) in [5.41, 5.74) is 0.0924. The summed E-state index contributed by atoms with van der Waals surface area (Å²) >= 11 is 4.82. The van der Waals surface area contributed by atoms with Gasteiger partial charge in [-0.15, -0.1) is 0 Å². The van der Waals surface area contributed by atoms with Crippen molar-refractivity contribution in [2.45, 2.75) is 0 Å². The monoisotopic (exact) mass is 224 g/mol. The van der Waals surface area contributed by atoms with Gasteiger partial charge in [-0.25, -0.2) is 8.78 Å². The van der Waals surface area contributed by atoms with E-state index in [0.717, 1.165) is 0 Å². The Morgan fingerprint density at radius 1 is 1.13 bits per heavy atom. The lowest BCUT2D eigenvalue weighted by molar-refractivity contribution is 0.588. The highest BCUT2D eigenvalue weighted by atomic mass is 32.1. The molecule has 5 heteroatoms. The molecule has 0 aliphatic rings. The molecule has 1 aromatic heterocycles. The molecule has 2 rings (SSSR count). The van der Waals surface area contributed by atoms with Crippen molar-refractivity contribution in [3.63, 3.8) is 0 Å². The smallest absolute Gasteiger partial charge is 0.135 e. The summed E-state index contributed by atoms with van der Waals surface area (Å²) in [6, 6.07) is 3.67.